The molecule has 4 aromatic rings. The molecule has 0 bridgehead atoms. The van der Waals surface area contributed by atoms with E-state index in [4.69, 9.17) is 23.2 Å². The molecule has 0 radical (unpaired) electrons. The van der Waals surface area contributed by atoms with E-state index in [0.29, 0.717) is 38.2 Å². The predicted molar refractivity (Wildman–Crippen MR) is 151 cm³/mol. The summed E-state index contributed by atoms with van der Waals surface area (Å²) in [4.78, 5) is 30.8. The molecule has 1 atom stereocenters. The normalized spacial score (nSPS) is 11.3. The maximum atomic E-state index is 12.0. The third-order valence-electron chi connectivity index (χ3n) is 5.71. The number of aromatic nitrogens is 2. The molecular formula is C27H21Cl2N7O3. The van der Waals surface area contributed by atoms with E-state index < -0.39 is 10.8 Å². The van der Waals surface area contributed by atoms with E-state index >= 15 is 0 Å². The molecule has 39 heavy (non-hydrogen) atoms. The summed E-state index contributed by atoms with van der Waals surface area (Å²) in [5.74, 6) is -0.926. The zero-order valence-corrected chi connectivity index (χ0v) is 22.2. The highest BCUT2D eigenvalue weighted by Crippen LogP contribution is 2.38. The van der Waals surface area contributed by atoms with Crippen LogP contribution in [-0.4, -0.2) is 20.8 Å². The summed E-state index contributed by atoms with van der Waals surface area (Å²) in [6.07, 6.45) is 1.20. The first-order valence-electron chi connectivity index (χ1n) is 11.5. The van der Waals surface area contributed by atoms with Gasteiger partial charge in [0, 0.05) is 34.0 Å². The second-order valence-corrected chi connectivity index (χ2v) is 9.33. The van der Waals surface area contributed by atoms with Crippen molar-refractivity contribution < 1.29 is 9.72 Å². The zero-order chi connectivity index (χ0) is 28.1. The van der Waals surface area contributed by atoms with Gasteiger partial charge in [0.25, 0.3) is 0 Å². The number of rotatable bonds is 8. The van der Waals surface area contributed by atoms with Gasteiger partial charge in [0.2, 0.25) is 17.5 Å². The fraction of sp³-hybridized carbons (Fsp3) is 0.111. The van der Waals surface area contributed by atoms with E-state index in [1.807, 2.05) is 0 Å². The molecule has 1 amide bonds. The van der Waals surface area contributed by atoms with E-state index in [-0.39, 0.29) is 23.2 Å². The Bertz CT molecular complexity index is 1590. The van der Waals surface area contributed by atoms with Gasteiger partial charge in [-0.1, -0.05) is 41.4 Å². The Morgan fingerprint density at radius 1 is 1.00 bits per heavy atom. The van der Waals surface area contributed by atoms with Gasteiger partial charge in [-0.2, -0.15) is 5.26 Å². The number of hydrogen-bond acceptors (Lipinski definition) is 8. The first kappa shape index (κ1) is 27.3. The van der Waals surface area contributed by atoms with Crippen molar-refractivity contribution >= 4 is 63.5 Å². The predicted octanol–water partition coefficient (Wildman–Crippen LogP) is 7.10. The number of anilines is 5. The summed E-state index contributed by atoms with van der Waals surface area (Å²) >= 11 is 12.6. The van der Waals surface area contributed by atoms with Crippen molar-refractivity contribution in [2.75, 3.05) is 16.0 Å². The van der Waals surface area contributed by atoms with Crippen molar-refractivity contribution in [1.29, 1.82) is 5.26 Å². The molecule has 0 fully saturated rings. The fourth-order valence-corrected chi connectivity index (χ4v) is 4.28. The van der Waals surface area contributed by atoms with Crippen molar-refractivity contribution in [1.82, 2.24) is 9.97 Å². The summed E-state index contributed by atoms with van der Waals surface area (Å²) < 4.78 is 0. The van der Waals surface area contributed by atoms with Crippen LogP contribution in [0.25, 0.3) is 0 Å². The second kappa shape index (κ2) is 11.8. The molecule has 3 N–H and O–H groups in total. The van der Waals surface area contributed by atoms with Crippen LogP contribution >= 0.6 is 23.2 Å². The highest BCUT2D eigenvalue weighted by Gasteiger charge is 2.25. The van der Waals surface area contributed by atoms with Gasteiger partial charge in [-0.3, -0.25) is 14.9 Å². The number of hydrogen-bond donors (Lipinski definition) is 3. The van der Waals surface area contributed by atoms with Crippen LogP contribution in [0.5, 0.6) is 0 Å². The standard InChI is InChI=1S/C27H21Cl2N7O3/c1-15-11-21(22(13-30)17-3-5-18(28)6-4-17)23(29)12-24(15)35-27-25(36(38)39)26(31-14-32-27)34-20-9-7-19(8-10-20)33-16(2)37/h3-12,14,22H,1-2H3,(H,33,37)(H2,31,32,34,35). The highest BCUT2D eigenvalue weighted by molar-refractivity contribution is 6.32. The Labute approximate surface area is 233 Å². The minimum absolute atomic E-state index is 0.0302. The van der Waals surface area contributed by atoms with Gasteiger partial charge in [0.15, 0.2) is 0 Å². The van der Waals surface area contributed by atoms with E-state index in [1.54, 1.807) is 67.6 Å². The Morgan fingerprint density at radius 3 is 2.21 bits per heavy atom. The van der Waals surface area contributed by atoms with Gasteiger partial charge >= 0.3 is 5.69 Å². The molecule has 196 valence electrons. The molecule has 0 aliphatic heterocycles. The number of amides is 1. The first-order valence-corrected chi connectivity index (χ1v) is 12.3. The van der Waals surface area contributed by atoms with Gasteiger partial charge in [-0.25, -0.2) is 9.97 Å². The Kier molecular flexibility index (Phi) is 8.24. The molecule has 0 spiro atoms. The minimum Gasteiger partial charge on any atom is -0.334 e. The molecule has 4 rings (SSSR count). The van der Waals surface area contributed by atoms with Gasteiger partial charge in [0.05, 0.1) is 16.9 Å². The summed E-state index contributed by atoms with van der Waals surface area (Å²) in [5.41, 5.74) is 3.22. The monoisotopic (exact) mass is 561 g/mol. The highest BCUT2D eigenvalue weighted by atomic mass is 35.5. The number of aryl methyl sites for hydroxylation is 1. The number of nitrogens with one attached hydrogen (secondary N) is 3. The molecule has 0 saturated carbocycles. The lowest BCUT2D eigenvalue weighted by Gasteiger charge is -2.17. The molecule has 3 aromatic carbocycles. The van der Waals surface area contributed by atoms with E-state index in [0.717, 1.165) is 5.56 Å². The molecule has 1 unspecified atom stereocenters. The van der Waals surface area contributed by atoms with Gasteiger partial charge < -0.3 is 16.0 Å². The lowest BCUT2D eigenvalue weighted by atomic mass is 9.91. The SMILES string of the molecule is CC(=O)Nc1ccc(Nc2ncnc(Nc3cc(Cl)c(C(C#N)c4ccc(Cl)cc4)cc3C)c2[N+](=O)[O-])cc1. The van der Waals surface area contributed by atoms with Crippen molar-refractivity contribution in [2.45, 2.75) is 19.8 Å². The maximum Gasteiger partial charge on any atom is 0.353 e. The average Bonchev–Trinajstić information content (AvgIpc) is 2.89. The number of nitrogens with zero attached hydrogens (tertiary/aromatic N) is 4. The lowest BCUT2D eigenvalue weighted by molar-refractivity contribution is -0.383. The first-order chi connectivity index (χ1) is 18.7. The second-order valence-electron chi connectivity index (χ2n) is 8.49. The van der Waals surface area contributed by atoms with E-state index in [2.05, 4.69) is 32.0 Å². The summed E-state index contributed by atoms with van der Waals surface area (Å²) in [6.45, 7) is 3.19. The smallest absolute Gasteiger partial charge is 0.334 e. The number of halogens is 2. The van der Waals surface area contributed by atoms with Crippen molar-refractivity contribution in [2.24, 2.45) is 0 Å². The third-order valence-corrected chi connectivity index (χ3v) is 6.29. The van der Waals surface area contributed by atoms with Crippen LogP contribution in [0, 0.1) is 28.4 Å². The van der Waals surface area contributed by atoms with Gasteiger partial charge in [0.1, 0.15) is 6.33 Å². The zero-order valence-electron chi connectivity index (χ0n) is 20.7. The Balaban J connectivity index is 1.64. The third kappa shape index (κ3) is 6.41. The number of nitro groups is 1. The average molecular weight is 562 g/mol. The van der Waals surface area contributed by atoms with Crippen LogP contribution in [0.3, 0.4) is 0 Å². The molecule has 1 aromatic heterocycles. The van der Waals surface area contributed by atoms with E-state index in [9.17, 15) is 20.2 Å². The fourth-order valence-electron chi connectivity index (χ4n) is 3.88. The Hall–Kier alpha value is -4.72. The summed E-state index contributed by atoms with van der Waals surface area (Å²) in [5, 5.41) is 31.3. The van der Waals surface area contributed by atoms with Gasteiger partial charge in [-0.15, -0.1) is 0 Å². The topological polar surface area (TPSA) is 146 Å². The Morgan fingerprint density at radius 2 is 1.62 bits per heavy atom. The minimum atomic E-state index is -0.635. The van der Waals surface area contributed by atoms with Crippen molar-refractivity contribution in [3.05, 3.63) is 104 Å². The summed E-state index contributed by atoms with van der Waals surface area (Å²) in [6, 6.07) is 19.2. The van der Waals surface area contributed by atoms with Crippen LogP contribution in [0.15, 0.2) is 67.0 Å². The van der Waals surface area contributed by atoms with Crippen LogP contribution in [0.1, 0.15) is 29.5 Å². The van der Waals surface area contributed by atoms with Crippen molar-refractivity contribution in [3.63, 3.8) is 0 Å². The molecule has 0 aliphatic rings. The molecular weight excluding hydrogens is 541 g/mol. The molecule has 10 nitrogen and oxygen atoms in total. The molecule has 0 aliphatic carbocycles. The van der Waals surface area contributed by atoms with Crippen LogP contribution in [0.4, 0.5) is 34.4 Å². The number of carbonyl (C=O) groups excluding carboxylic acids is 1. The van der Waals surface area contributed by atoms with Gasteiger partial charge in [-0.05, 0) is 66.1 Å². The molecule has 1 heterocycles. The number of benzene rings is 3. The van der Waals surface area contributed by atoms with Crippen LogP contribution in [-0.2, 0) is 4.79 Å². The number of nitriles is 1. The van der Waals surface area contributed by atoms with E-state index in [1.165, 1.54) is 13.3 Å². The maximum absolute atomic E-state index is 12.0. The lowest BCUT2D eigenvalue weighted by Crippen LogP contribution is -2.07. The largest absolute Gasteiger partial charge is 0.353 e. The van der Waals surface area contributed by atoms with Crippen LogP contribution < -0.4 is 16.0 Å². The van der Waals surface area contributed by atoms with Crippen molar-refractivity contribution in [3.8, 4) is 6.07 Å². The quantitative estimate of drug-likeness (QED) is 0.152. The molecule has 0 saturated heterocycles. The number of carbonyl (C=O) groups is 1. The summed E-state index contributed by atoms with van der Waals surface area (Å²) in [7, 11) is 0. The van der Waals surface area contributed by atoms with Crippen LogP contribution in [0.2, 0.25) is 10.0 Å². The molecule has 12 heteroatoms.